The predicted octanol–water partition coefficient (Wildman–Crippen LogP) is 2.67. The summed E-state index contributed by atoms with van der Waals surface area (Å²) in [7, 11) is 0. The fraction of sp³-hybridized carbons (Fsp3) is 0.231. The summed E-state index contributed by atoms with van der Waals surface area (Å²) in [4.78, 5) is 16.4. The van der Waals surface area contributed by atoms with Crippen LogP contribution in [0.3, 0.4) is 0 Å². The number of imidazole rings is 1. The van der Waals surface area contributed by atoms with Crippen LogP contribution in [-0.4, -0.2) is 15.3 Å². The second-order valence-corrected chi connectivity index (χ2v) is 4.88. The third-order valence-corrected chi connectivity index (χ3v) is 3.27. The second-order valence-electron chi connectivity index (χ2n) is 3.96. The van der Waals surface area contributed by atoms with E-state index in [4.69, 9.17) is 5.73 Å². The van der Waals surface area contributed by atoms with Gasteiger partial charge < -0.3 is 10.3 Å². The Bertz CT molecular complexity index is 577. The normalized spacial score (nSPS) is 10.6. The van der Waals surface area contributed by atoms with Crippen LogP contribution in [-0.2, 0) is 13.0 Å². The van der Waals surface area contributed by atoms with Gasteiger partial charge in [-0.1, -0.05) is 15.9 Å². The van der Waals surface area contributed by atoms with Crippen LogP contribution in [0.15, 0.2) is 35.1 Å². The Morgan fingerprint density at radius 3 is 2.94 bits per heavy atom. The van der Waals surface area contributed by atoms with Crippen LogP contribution in [0.4, 0.5) is 5.69 Å². The van der Waals surface area contributed by atoms with Crippen molar-refractivity contribution in [3.8, 4) is 0 Å². The number of hydrogen-bond acceptors (Lipinski definition) is 3. The maximum Gasteiger partial charge on any atom is 0.172 e. The van der Waals surface area contributed by atoms with Gasteiger partial charge in [-0.05, 0) is 25.1 Å². The maximum absolute atomic E-state index is 12.2. The first-order valence-electron chi connectivity index (χ1n) is 5.70. The molecule has 0 aliphatic rings. The number of Topliss-reactive ketones (excluding diaryl/α,β-unsaturated/α-hetero) is 1. The van der Waals surface area contributed by atoms with Crippen molar-refractivity contribution >= 4 is 27.4 Å². The molecule has 0 saturated heterocycles. The molecule has 0 fully saturated rings. The van der Waals surface area contributed by atoms with E-state index in [9.17, 15) is 4.79 Å². The van der Waals surface area contributed by atoms with Crippen LogP contribution >= 0.6 is 15.9 Å². The zero-order valence-electron chi connectivity index (χ0n) is 10.1. The smallest absolute Gasteiger partial charge is 0.172 e. The van der Waals surface area contributed by atoms with E-state index in [1.165, 1.54) is 0 Å². The minimum absolute atomic E-state index is 0.0131. The summed E-state index contributed by atoms with van der Waals surface area (Å²) in [5, 5.41) is 0. The van der Waals surface area contributed by atoms with Crippen molar-refractivity contribution < 1.29 is 4.79 Å². The van der Waals surface area contributed by atoms with Gasteiger partial charge in [0.25, 0.3) is 0 Å². The Morgan fingerprint density at radius 1 is 1.50 bits per heavy atom. The van der Waals surface area contributed by atoms with Gasteiger partial charge in [0, 0.05) is 34.7 Å². The van der Waals surface area contributed by atoms with Gasteiger partial charge in [-0.2, -0.15) is 0 Å². The molecular weight excluding hydrogens is 294 g/mol. The van der Waals surface area contributed by atoms with Crippen molar-refractivity contribution in [3.05, 3.63) is 46.5 Å². The molecule has 1 aromatic heterocycles. The lowest BCUT2D eigenvalue weighted by Crippen LogP contribution is -2.11. The third-order valence-electron chi connectivity index (χ3n) is 2.78. The molecule has 1 heterocycles. The summed E-state index contributed by atoms with van der Waals surface area (Å²) in [5.74, 6) is 0.755. The Balaban J connectivity index is 2.22. The van der Waals surface area contributed by atoms with E-state index in [1.807, 2.05) is 23.8 Å². The number of aryl methyl sites for hydroxylation is 1. The standard InChI is InChI=1S/C13H14BrN3O/c1-2-17-6-5-16-13(17)8-12(18)10-4-3-9(14)7-11(10)15/h3-7H,2,8,15H2,1H3. The van der Waals surface area contributed by atoms with E-state index in [0.29, 0.717) is 11.3 Å². The molecule has 0 radical (unpaired) electrons. The number of nitrogens with two attached hydrogens (primary N) is 1. The van der Waals surface area contributed by atoms with Gasteiger partial charge >= 0.3 is 0 Å². The zero-order valence-corrected chi connectivity index (χ0v) is 11.6. The summed E-state index contributed by atoms with van der Waals surface area (Å²) in [6.45, 7) is 2.82. The van der Waals surface area contributed by atoms with E-state index in [-0.39, 0.29) is 12.2 Å². The highest BCUT2D eigenvalue weighted by Gasteiger charge is 2.13. The molecule has 0 bridgehead atoms. The number of aromatic nitrogens is 2. The average Bonchev–Trinajstić information content (AvgIpc) is 2.76. The number of carbonyl (C=O) groups excluding carboxylic acids is 1. The minimum Gasteiger partial charge on any atom is -0.398 e. The highest BCUT2D eigenvalue weighted by atomic mass is 79.9. The number of carbonyl (C=O) groups is 1. The zero-order chi connectivity index (χ0) is 13.1. The van der Waals surface area contributed by atoms with E-state index >= 15 is 0 Å². The van der Waals surface area contributed by atoms with Gasteiger partial charge in [-0.25, -0.2) is 4.98 Å². The summed E-state index contributed by atoms with van der Waals surface area (Å²) in [6, 6.07) is 5.29. The van der Waals surface area contributed by atoms with Crippen molar-refractivity contribution in [1.82, 2.24) is 9.55 Å². The summed E-state index contributed by atoms with van der Waals surface area (Å²) >= 11 is 3.32. The highest BCUT2D eigenvalue weighted by Crippen LogP contribution is 2.20. The van der Waals surface area contributed by atoms with Crippen LogP contribution in [0.5, 0.6) is 0 Å². The Kier molecular flexibility index (Phi) is 3.81. The molecule has 0 atom stereocenters. The van der Waals surface area contributed by atoms with Crippen LogP contribution in [0.1, 0.15) is 23.1 Å². The lowest BCUT2D eigenvalue weighted by Gasteiger charge is -2.06. The first-order chi connectivity index (χ1) is 8.61. The minimum atomic E-state index is -0.0131. The van der Waals surface area contributed by atoms with Gasteiger partial charge in [0.15, 0.2) is 5.78 Å². The molecule has 0 amide bonds. The summed E-state index contributed by atoms with van der Waals surface area (Å²) in [5.41, 5.74) is 6.88. The second kappa shape index (κ2) is 5.35. The molecule has 1 aromatic carbocycles. The van der Waals surface area contributed by atoms with E-state index in [2.05, 4.69) is 20.9 Å². The van der Waals surface area contributed by atoms with Gasteiger partial charge in [-0.15, -0.1) is 0 Å². The molecule has 0 spiro atoms. The number of nitrogen functional groups attached to an aromatic ring is 1. The molecular formula is C13H14BrN3O. The summed E-state index contributed by atoms with van der Waals surface area (Å²) in [6.07, 6.45) is 3.84. The number of ketones is 1. The largest absolute Gasteiger partial charge is 0.398 e. The quantitative estimate of drug-likeness (QED) is 0.698. The van der Waals surface area contributed by atoms with E-state index in [1.54, 1.807) is 18.3 Å². The van der Waals surface area contributed by atoms with Crippen LogP contribution < -0.4 is 5.73 Å². The van der Waals surface area contributed by atoms with Gasteiger partial charge in [0.1, 0.15) is 5.82 Å². The SMILES string of the molecule is CCn1ccnc1CC(=O)c1ccc(Br)cc1N. The van der Waals surface area contributed by atoms with Crippen molar-refractivity contribution in [2.24, 2.45) is 0 Å². The van der Waals surface area contributed by atoms with Crippen molar-refractivity contribution in [2.45, 2.75) is 19.9 Å². The number of benzene rings is 1. The molecule has 0 aliphatic heterocycles. The fourth-order valence-corrected chi connectivity index (χ4v) is 2.20. The average molecular weight is 308 g/mol. The number of anilines is 1. The monoisotopic (exact) mass is 307 g/mol. The highest BCUT2D eigenvalue weighted by molar-refractivity contribution is 9.10. The molecule has 0 saturated carbocycles. The number of rotatable bonds is 4. The first-order valence-corrected chi connectivity index (χ1v) is 6.49. The topological polar surface area (TPSA) is 60.9 Å². The van der Waals surface area contributed by atoms with Crippen molar-refractivity contribution in [1.29, 1.82) is 0 Å². The molecule has 0 aliphatic carbocycles. The van der Waals surface area contributed by atoms with Crippen LogP contribution in [0, 0.1) is 0 Å². The molecule has 2 N–H and O–H groups in total. The third kappa shape index (κ3) is 2.61. The lowest BCUT2D eigenvalue weighted by molar-refractivity contribution is 0.0990. The number of hydrogen-bond donors (Lipinski definition) is 1. The molecule has 0 unspecified atom stereocenters. The first kappa shape index (κ1) is 12.8. The van der Waals surface area contributed by atoms with Crippen LogP contribution in [0.2, 0.25) is 0 Å². The molecule has 18 heavy (non-hydrogen) atoms. The number of nitrogens with zero attached hydrogens (tertiary/aromatic N) is 2. The molecule has 4 nitrogen and oxygen atoms in total. The van der Waals surface area contributed by atoms with Gasteiger partial charge in [0.2, 0.25) is 0 Å². The summed E-state index contributed by atoms with van der Waals surface area (Å²) < 4.78 is 2.82. The van der Waals surface area contributed by atoms with Crippen LogP contribution in [0.25, 0.3) is 0 Å². The van der Waals surface area contributed by atoms with E-state index < -0.39 is 0 Å². The molecule has 5 heteroatoms. The van der Waals surface area contributed by atoms with Crippen molar-refractivity contribution in [2.75, 3.05) is 5.73 Å². The van der Waals surface area contributed by atoms with Gasteiger partial charge in [0.05, 0.1) is 6.42 Å². The Hall–Kier alpha value is -1.62. The van der Waals surface area contributed by atoms with E-state index in [0.717, 1.165) is 16.8 Å². The molecule has 2 rings (SSSR count). The number of halogens is 1. The Labute approximate surface area is 114 Å². The van der Waals surface area contributed by atoms with Gasteiger partial charge in [-0.3, -0.25) is 4.79 Å². The lowest BCUT2D eigenvalue weighted by atomic mass is 10.1. The predicted molar refractivity (Wildman–Crippen MR) is 74.5 cm³/mol. The van der Waals surface area contributed by atoms with Crippen molar-refractivity contribution in [3.63, 3.8) is 0 Å². The fourth-order valence-electron chi connectivity index (χ4n) is 1.82. The Morgan fingerprint density at radius 2 is 2.28 bits per heavy atom. The maximum atomic E-state index is 12.2. The molecule has 2 aromatic rings. The molecule has 94 valence electrons.